The largest absolute Gasteiger partial charge is 0.480 e. The van der Waals surface area contributed by atoms with Crippen molar-refractivity contribution in [3.8, 4) is 0 Å². The predicted molar refractivity (Wildman–Crippen MR) is 62.2 cm³/mol. The molecule has 2 saturated carbocycles. The Labute approximate surface area is 96.8 Å². The van der Waals surface area contributed by atoms with E-state index in [4.69, 9.17) is 5.73 Å². The zero-order valence-corrected chi connectivity index (χ0v) is 9.98. The van der Waals surface area contributed by atoms with Crippen molar-refractivity contribution < 1.29 is 9.90 Å². The highest BCUT2D eigenvalue weighted by atomic mass is 16.4. The molecular weight excluding hydrogens is 204 g/mol. The summed E-state index contributed by atoms with van der Waals surface area (Å²) in [7, 11) is 0. The topological polar surface area (TPSA) is 66.6 Å². The summed E-state index contributed by atoms with van der Waals surface area (Å²) in [6, 6.07) is 0.598. The molecule has 2 aliphatic rings. The Bertz CT molecular complexity index is 274. The second-order valence-electron chi connectivity index (χ2n) is 5.32. The van der Waals surface area contributed by atoms with Gasteiger partial charge < -0.3 is 10.8 Å². The molecule has 16 heavy (non-hydrogen) atoms. The minimum absolute atomic E-state index is 0.197. The van der Waals surface area contributed by atoms with Gasteiger partial charge in [0.1, 0.15) is 5.54 Å². The molecule has 0 bridgehead atoms. The summed E-state index contributed by atoms with van der Waals surface area (Å²) >= 11 is 0. The maximum absolute atomic E-state index is 11.3. The van der Waals surface area contributed by atoms with Crippen molar-refractivity contribution in [2.24, 2.45) is 11.7 Å². The second kappa shape index (κ2) is 4.34. The quantitative estimate of drug-likeness (QED) is 0.681. The molecule has 4 nitrogen and oxygen atoms in total. The van der Waals surface area contributed by atoms with E-state index in [2.05, 4.69) is 11.8 Å². The van der Waals surface area contributed by atoms with Gasteiger partial charge in [-0.1, -0.05) is 6.92 Å². The first-order valence-corrected chi connectivity index (χ1v) is 6.34. The van der Waals surface area contributed by atoms with Crippen LogP contribution in [0.25, 0.3) is 0 Å². The Morgan fingerprint density at radius 2 is 2.06 bits per heavy atom. The fourth-order valence-corrected chi connectivity index (χ4v) is 2.42. The van der Waals surface area contributed by atoms with Gasteiger partial charge in [0.05, 0.1) is 0 Å². The van der Waals surface area contributed by atoms with Crippen LogP contribution >= 0.6 is 0 Å². The summed E-state index contributed by atoms with van der Waals surface area (Å²) in [5, 5.41) is 9.31. The molecule has 2 fully saturated rings. The van der Waals surface area contributed by atoms with Crippen LogP contribution in [0.1, 0.15) is 39.0 Å². The molecule has 0 radical (unpaired) electrons. The van der Waals surface area contributed by atoms with Gasteiger partial charge in [-0.3, -0.25) is 9.69 Å². The number of carboxylic acid groups (broad SMARTS) is 1. The van der Waals surface area contributed by atoms with Crippen molar-refractivity contribution in [3.63, 3.8) is 0 Å². The molecule has 0 heterocycles. The zero-order valence-electron chi connectivity index (χ0n) is 9.98. The summed E-state index contributed by atoms with van der Waals surface area (Å²) in [4.78, 5) is 13.6. The van der Waals surface area contributed by atoms with E-state index in [1.54, 1.807) is 0 Å². The van der Waals surface area contributed by atoms with Gasteiger partial charge in [-0.25, -0.2) is 0 Å². The average molecular weight is 226 g/mol. The molecule has 2 aliphatic carbocycles. The minimum Gasteiger partial charge on any atom is -0.480 e. The Balaban J connectivity index is 2.00. The molecule has 1 atom stereocenters. The predicted octanol–water partition coefficient (Wildman–Crippen LogP) is 1.05. The van der Waals surface area contributed by atoms with E-state index in [0.717, 1.165) is 25.8 Å². The molecule has 0 spiro atoms. The van der Waals surface area contributed by atoms with E-state index in [1.165, 1.54) is 12.8 Å². The molecular formula is C12H22N2O2. The van der Waals surface area contributed by atoms with Crippen LogP contribution in [0, 0.1) is 5.92 Å². The molecule has 92 valence electrons. The standard InChI is InChI=1S/C12H22N2O2/c1-2-7-14(10-5-6-10)8-12(13,11(15)16)9-3-4-9/h9-10H,2-8,13H2,1H3,(H,15,16). The van der Waals surface area contributed by atoms with Gasteiger partial charge in [0.2, 0.25) is 0 Å². The second-order valence-corrected chi connectivity index (χ2v) is 5.32. The van der Waals surface area contributed by atoms with Crippen molar-refractivity contribution in [1.82, 2.24) is 4.90 Å². The monoisotopic (exact) mass is 226 g/mol. The van der Waals surface area contributed by atoms with Gasteiger partial charge in [0.15, 0.2) is 0 Å². The number of nitrogens with two attached hydrogens (primary N) is 1. The summed E-state index contributed by atoms with van der Waals surface area (Å²) in [6.45, 7) is 3.64. The molecule has 0 aromatic rings. The van der Waals surface area contributed by atoms with E-state index >= 15 is 0 Å². The lowest BCUT2D eigenvalue weighted by Crippen LogP contribution is -2.58. The number of hydrogen-bond donors (Lipinski definition) is 2. The van der Waals surface area contributed by atoms with E-state index < -0.39 is 11.5 Å². The first-order valence-electron chi connectivity index (χ1n) is 6.34. The van der Waals surface area contributed by atoms with Crippen LogP contribution in [0.5, 0.6) is 0 Å². The SMILES string of the molecule is CCCN(CC(N)(C(=O)O)C1CC1)C1CC1. The van der Waals surface area contributed by atoms with Gasteiger partial charge in [-0.05, 0) is 44.6 Å². The Morgan fingerprint density at radius 1 is 1.44 bits per heavy atom. The Hall–Kier alpha value is -0.610. The van der Waals surface area contributed by atoms with Gasteiger partial charge in [-0.2, -0.15) is 0 Å². The first-order chi connectivity index (χ1) is 7.58. The number of aliphatic carboxylic acids is 1. The molecule has 4 heteroatoms. The minimum atomic E-state index is -1.00. The third kappa shape index (κ3) is 2.38. The highest BCUT2D eigenvalue weighted by Gasteiger charge is 2.50. The van der Waals surface area contributed by atoms with E-state index in [0.29, 0.717) is 12.6 Å². The van der Waals surface area contributed by atoms with E-state index in [1.807, 2.05) is 0 Å². The van der Waals surface area contributed by atoms with Crippen LogP contribution in [0.3, 0.4) is 0 Å². The summed E-state index contributed by atoms with van der Waals surface area (Å²) in [5.41, 5.74) is 5.10. The van der Waals surface area contributed by atoms with Crippen molar-refractivity contribution in [3.05, 3.63) is 0 Å². The van der Waals surface area contributed by atoms with Gasteiger partial charge in [0, 0.05) is 12.6 Å². The van der Waals surface area contributed by atoms with E-state index in [-0.39, 0.29) is 5.92 Å². The van der Waals surface area contributed by atoms with Gasteiger partial charge >= 0.3 is 5.97 Å². The maximum Gasteiger partial charge on any atom is 0.325 e. The van der Waals surface area contributed by atoms with Crippen molar-refractivity contribution in [2.75, 3.05) is 13.1 Å². The maximum atomic E-state index is 11.3. The van der Waals surface area contributed by atoms with Gasteiger partial charge in [0.25, 0.3) is 0 Å². The third-order valence-corrected chi connectivity index (χ3v) is 3.74. The average Bonchev–Trinajstić information content (AvgIpc) is 3.05. The summed E-state index contributed by atoms with van der Waals surface area (Å²) < 4.78 is 0. The fourth-order valence-electron chi connectivity index (χ4n) is 2.42. The highest BCUT2D eigenvalue weighted by Crippen LogP contribution is 2.40. The Morgan fingerprint density at radius 3 is 2.44 bits per heavy atom. The van der Waals surface area contributed by atoms with Crippen LogP contribution < -0.4 is 5.73 Å². The van der Waals surface area contributed by atoms with Crippen LogP contribution in [-0.4, -0.2) is 40.6 Å². The molecule has 0 aliphatic heterocycles. The number of rotatable bonds is 7. The molecule has 2 rings (SSSR count). The molecule has 3 N–H and O–H groups in total. The smallest absolute Gasteiger partial charge is 0.325 e. The molecule has 1 unspecified atom stereocenters. The van der Waals surface area contributed by atoms with Crippen molar-refractivity contribution in [1.29, 1.82) is 0 Å². The highest BCUT2D eigenvalue weighted by molar-refractivity contribution is 5.79. The molecule has 0 aromatic heterocycles. The van der Waals surface area contributed by atoms with Crippen LogP contribution in [0.2, 0.25) is 0 Å². The fraction of sp³-hybridized carbons (Fsp3) is 0.917. The number of carbonyl (C=O) groups is 1. The van der Waals surface area contributed by atoms with Crippen LogP contribution in [-0.2, 0) is 4.79 Å². The molecule has 0 saturated heterocycles. The Kier molecular flexibility index (Phi) is 3.22. The number of nitrogens with zero attached hydrogens (tertiary/aromatic N) is 1. The number of carboxylic acids is 1. The third-order valence-electron chi connectivity index (χ3n) is 3.74. The number of hydrogen-bond acceptors (Lipinski definition) is 3. The zero-order chi connectivity index (χ0) is 11.8. The van der Waals surface area contributed by atoms with Crippen molar-refractivity contribution in [2.45, 2.75) is 50.6 Å². The molecule has 0 aromatic carbocycles. The van der Waals surface area contributed by atoms with Crippen LogP contribution in [0.4, 0.5) is 0 Å². The first kappa shape index (κ1) is 11.9. The normalized spacial score (nSPS) is 24.4. The lowest BCUT2D eigenvalue weighted by molar-refractivity contribution is -0.145. The van der Waals surface area contributed by atoms with Crippen molar-refractivity contribution >= 4 is 5.97 Å². The van der Waals surface area contributed by atoms with E-state index in [9.17, 15) is 9.90 Å². The van der Waals surface area contributed by atoms with Gasteiger partial charge in [-0.15, -0.1) is 0 Å². The summed E-state index contributed by atoms with van der Waals surface area (Å²) in [6.07, 6.45) is 5.44. The lowest BCUT2D eigenvalue weighted by Gasteiger charge is -2.32. The summed E-state index contributed by atoms with van der Waals surface area (Å²) in [5.74, 6) is -0.625. The molecule has 0 amide bonds. The lowest BCUT2D eigenvalue weighted by atomic mass is 9.93. The van der Waals surface area contributed by atoms with Crippen LogP contribution in [0.15, 0.2) is 0 Å².